The average Bonchev–Trinajstić information content (AvgIpc) is 3.14. The van der Waals surface area contributed by atoms with Crippen LogP contribution in [0.2, 0.25) is 5.02 Å². The number of phenols is 2. The van der Waals surface area contributed by atoms with Gasteiger partial charge in [0.2, 0.25) is 0 Å². The SMILES string of the molecule is COC[C@@H]1CCCN1C(=O)c1cc(Cl)cc(CS(=O)(=O)c2cc(Br)ccc2O)c1O. The van der Waals surface area contributed by atoms with E-state index in [4.69, 9.17) is 16.3 Å². The topological polar surface area (TPSA) is 104 Å². The number of benzene rings is 2. The molecule has 1 aliphatic heterocycles. The zero-order valence-electron chi connectivity index (χ0n) is 16.1. The van der Waals surface area contributed by atoms with Gasteiger partial charge in [0, 0.05) is 28.7 Å². The highest BCUT2D eigenvalue weighted by Gasteiger charge is 2.32. The first kappa shape index (κ1) is 22.9. The van der Waals surface area contributed by atoms with Crippen LogP contribution in [0.15, 0.2) is 39.7 Å². The predicted molar refractivity (Wildman–Crippen MR) is 116 cm³/mol. The first-order valence-corrected chi connectivity index (χ1v) is 12.0. The smallest absolute Gasteiger partial charge is 0.258 e. The number of carbonyl (C=O) groups is 1. The van der Waals surface area contributed by atoms with E-state index in [-0.39, 0.29) is 27.1 Å². The van der Waals surface area contributed by atoms with Crippen LogP contribution >= 0.6 is 27.5 Å². The van der Waals surface area contributed by atoms with Gasteiger partial charge in [0.1, 0.15) is 16.4 Å². The van der Waals surface area contributed by atoms with E-state index in [1.54, 1.807) is 12.0 Å². The number of nitrogens with zero attached hydrogens (tertiary/aromatic N) is 1. The quantitative estimate of drug-likeness (QED) is 0.604. The summed E-state index contributed by atoms with van der Waals surface area (Å²) in [5, 5.41) is 20.8. The van der Waals surface area contributed by atoms with Gasteiger partial charge >= 0.3 is 0 Å². The number of phenolic OH excluding ortho intramolecular Hbond substituents is 2. The second-order valence-electron chi connectivity index (χ2n) is 7.08. The number of hydrogen-bond donors (Lipinski definition) is 2. The lowest BCUT2D eigenvalue weighted by Gasteiger charge is -2.25. The van der Waals surface area contributed by atoms with Crippen molar-refractivity contribution in [3.05, 3.63) is 51.0 Å². The minimum absolute atomic E-state index is 0.0206. The Morgan fingerprint density at radius 2 is 2.03 bits per heavy atom. The van der Waals surface area contributed by atoms with Crippen LogP contribution in [0, 0.1) is 0 Å². The fraction of sp³-hybridized carbons (Fsp3) is 0.350. The summed E-state index contributed by atoms with van der Waals surface area (Å²) in [6.07, 6.45) is 1.59. The number of likely N-dealkylation sites (tertiary alicyclic amines) is 1. The van der Waals surface area contributed by atoms with Crippen molar-refractivity contribution in [1.82, 2.24) is 4.90 Å². The molecule has 10 heteroatoms. The number of hydrogen-bond acceptors (Lipinski definition) is 6. The molecule has 1 saturated heterocycles. The standard InChI is InChI=1S/C20H21BrClNO6S/c1-29-10-15-3-2-6-23(15)20(26)16-9-14(22)7-12(19(16)25)11-30(27,28)18-8-13(21)4-5-17(18)24/h4-5,7-9,15,24-25H,2-3,6,10-11H2,1H3/t15-/m0/s1. The molecule has 1 atom stereocenters. The molecular formula is C20H21BrClNO6S. The maximum absolute atomic E-state index is 13.0. The highest BCUT2D eigenvalue weighted by atomic mass is 79.9. The molecule has 1 aliphatic rings. The maximum Gasteiger partial charge on any atom is 0.258 e. The minimum Gasteiger partial charge on any atom is -0.507 e. The molecule has 0 saturated carbocycles. The van der Waals surface area contributed by atoms with Crippen LogP contribution in [0.25, 0.3) is 0 Å². The van der Waals surface area contributed by atoms with Gasteiger partial charge in [-0.2, -0.15) is 0 Å². The van der Waals surface area contributed by atoms with Gasteiger partial charge in [-0.05, 0) is 43.2 Å². The van der Waals surface area contributed by atoms with Gasteiger partial charge in [0.25, 0.3) is 5.91 Å². The summed E-state index contributed by atoms with van der Waals surface area (Å²) in [7, 11) is -2.48. The van der Waals surface area contributed by atoms with E-state index < -0.39 is 33.0 Å². The van der Waals surface area contributed by atoms with Crippen LogP contribution in [0.5, 0.6) is 11.5 Å². The molecule has 30 heavy (non-hydrogen) atoms. The number of aromatic hydroxyl groups is 2. The molecule has 1 amide bonds. The van der Waals surface area contributed by atoms with E-state index in [9.17, 15) is 23.4 Å². The fourth-order valence-electron chi connectivity index (χ4n) is 3.57. The summed E-state index contributed by atoms with van der Waals surface area (Å²) in [5.74, 6) is -1.91. The fourth-order valence-corrected chi connectivity index (χ4v) is 5.80. The molecule has 0 unspecified atom stereocenters. The van der Waals surface area contributed by atoms with E-state index in [1.807, 2.05) is 0 Å². The Bertz CT molecular complexity index is 1080. The highest BCUT2D eigenvalue weighted by Crippen LogP contribution is 2.35. The van der Waals surface area contributed by atoms with Gasteiger partial charge in [-0.1, -0.05) is 27.5 Å². The third-order valence-electron chi connectivity index (χ3n) is 4.98. The number of sulfone groups is 1. The van der Waals surface area contributed by atoms with Gasteiger partial charge in [-0.3, -0.25) is 4.79 Å². The molecular weight excluding hydrogens is 498 g/mol. The van der Waals surface area contributed by atoms with Crippen molar-refractivity contribution < 1.29 is 28.2 Å². The number of ether oxygens (including phenoxy) is 1. The van der Waals surface area contributed by atoms with E-state index >= 15 is 0 Å². The summed E-state index contributed by atoms with van der Waals surface area (Å²) in [6.45, 7) is 0.884. The average molecular weight is 519 g/mol. The molecule has 1 fully saturated rings. The Morgan fingerprint density at radius 1 is 1.30 bits per heavy atom. The summed E-state index contributed by atoms with van der Waals surface area (Å²) in [5.41, 5.74) is -0.0816. The lowest BCUT2D eigenvalue weighted by atomic mass is 10.1. The van der Waals surface area contributed by atoms with E-state index in [1.165, 1.54) is 30.3 Å². The summed E-state index contributed by atoms with van der Waals surface area (Å²) in [6, 6.07) is 6.55. The number of carbonyl (C=O) groups excluding carboxylic acids is 1. The molecule has 1 heterocycles. The second-order valence-corrected chi connectivity index (χ2v) is 10.4. The Balaban J connectivity index is 1.97. The van der Waals surface area contributed by atoms with Crippen molar-refractivity contribution >= 4 is 43.3 Å². The van der Waals surface area contributed by atoms with Gasteiger partial charge < -0.3 is 19.8 Å². The molecule has 3 rings (SSSR count). The van der Waals surface area contributed by atoms with Crippen LogP contribution in [0.4, 0.5) is 0 Å². The Hall–Kier alpha value is -1.81. The molecule has 0 radical (unpaired) electrons. The zero-order valence-corrected chi connectivity index (χ0v) is 19.3. The molecule has 2 N–H and O–H groups in total. The molecule has 0 bridgehead atoms. The van der Waals surface area contributed by atoms with Crippen molar-refractivity contribution in [1.29, 1.82) is 0 Å². The summed E-state index contributed by atoms with van der Waals surface area (Å²) in [4.78, 5) is 14.4. The van der Waals surface area contributed by atoms with Crippen LogP contribution in [-0.2, 0) is 20.3 Å². The Labute approximate surface area is 188 Å². The van der Waals surface area contributed by atoms with Gasteiger partial charge in [0.15, 0.2) is 9.84 Å². The lowest BCUT2D eigenvalue weighted by Crippen LogP contribution is -2.38. The highest BCUT2D eigenvalue weighted by molar-refractivity contribution is 9.10. The first-order valence-electron chi connectivity index (χ1n) is 9.16. The number of methoxy groups -OCH3 is 1. The van der Waals surface area contributed by atoms with Gasteiger partial charge in [-0.15, -0.1) is 0 Å². The summed E-state index contributed by atoms with van der Waals surface area (Å²) < 4.78 is 31.4. The van der Waals surface area contributed by atoms with Crippen LogP contribution in [-0.4, -0.2) is 55.7 Å². The molecule has 7 nitrogen and oxygen atoms in total. The Morgan fingerprint density at radius 3 is 2.73 bits per heavy atom. The molecule has 0 aromatic heterocycles. The predicted octanol–water partition coefficient (Wildman–Crippen LogP) is 3.74. The zero-order chi connectivity index (χ0) is 22.1. The molecule has 0 aliphatic carbocycles. The van der Waals surface area contributed by atoms with Gasteiger partial charge in [-0.25, -0.2) is 8.42 Å². The third kappa shape index (κ3) is 4.74. The third-order valence-corrected chi connectivity index (χ3v) is 7.38. The number of amides is 1. The summed E-state index contributed by atoms with van der Waals surface area (Å²) >= 11 is 9.32. The van der Waals surface area contributed by atoms with Crippen molar-refractivity contribution in [3.8, 4) is 11.5 Å². The normalized spacial score (nSPS) is 16.8. The number of rotatable bonds is 6. The van der Waals surface area contributed by atoms with E-state index in [2.05, 4.69) is 15.9 Å². The molecule has 2 aromatic rings. The van der Waals surface area contributed by atoms with Crippen LogP contribution < -0.4 is 0 Å². The van der Waals surface area contributed by atoms with Crippen LogP contribution in [0.1, 0.15) is 28.8 Å². The van der Waals surface area contributed by atoms with Crippen molar-refractivity contribution in [3.63, 3.8) is 0 Å². The minimum atomic E-state index is -4.03. The maximum atomic E-state index is 13.0. The number of halogens is 2. The first-order chi connectivity index (χ1) is 14.1. The largest absolute Gasteiger partial charge is 0.507 e. The van der Waals surface area contributed by atoms with Crippen molar-refractivity contribution in [2.45, 2.75) is 29.5 Å². The Kier molecular flexibility index (Phi) is 6.96. The van der Waals surface area contributed by atoms with E-state index in [0.29, 0.717) is 17.6 Å². The van der Waals surface area contributed by atoms with E-state index in [0.717, 1.165) is 12.8 Å². The van der Waals surface area contributed by atoms with Crippen molar-refractivity contribution in [2.24, 2.45) is 0 Å². The molecule has 162 valence electrons. The molecule has 2 aromatic carbocycles. The van der Waals surface area contributed by atoms with Crippen LogP contribution in [0.3, 0.4) is 0 Å². The monoisotopic (exact) mass is 517 g/mol. The second kappa shape index (κ2) is 9.13. The molecule has 0 spiro atoms. The van der Waals surface area contributed by atoms with Crippen molar-refractivity contribution in [2.75, 3.05) is 20.3 Å². The lowest BCUT2D eigenvalue weighted by molar-refractivity contribution is 0.0627. The van der Waals surface area contributed by atoms with Gasteiger partial charge in [0.05, 0.1) is 24.0 Å².